The van der Waals surface area contributed by atoms with Gasteiger partial charge in [0, 0.05) is 37.5 Å². The Kier molecular flexibility index (Phi) is 8.60. The van der Waals surface area contributed by atoms with Crippen molar-refractivity contribution in [3.05, 3.63) is 46.1 Å². The normalized spacial score (nSPS) is 12.3. The summed E-state index contributed by atoms with van der Waals surface area (Å²) < 4.78 is 0.927. The zero-order valence-corrected chi connectivity index (χ0v) is 17.7. The van der Waals surface area contributed by atoms with Gasteiger partial charge in [0.15, 0.2) is 0 Å². The average molecular weight is 425 g/mol. The van der Waals surface area contributed by atoms with Gasteiger partial charge in [-0.05, 0) is 40.9 Å². The van der Waals surface area contributed by atoms with Crippen molar-refractivity contribution in [3.8, 4) is 0 Å². The molecule has 0 aliphatic heterocycles. The molecule has 8 heteroatoms. The van der Waals surface area contributed by atoms with E-state index >= 15 is 0 Å². The van der Waals surface area contributed by atoms with Crippen molar-refractivity contribution >= 4 is 28.0 Å². The Morgan fingerprint density at radius 3 is 2.46 bits per heavy atom. The van der Waals surface area contributed by atoms with Crippen molar-refractivity contribution in [2.24, 2.45) is 17.5 Å². The number of nitrogens with zero attached hydrogens (tertiary/aromatic N) is 4. The van der Waals surface area contributed by atoms with Gasteiger partial charge in [0.1, 0.15) is 0 Å². The number of likely N-dealkylation sites (N-methyl/N-ethyl adjacent to an activating group) is 2. The highest BCUT2D eigenvalue weighted by atomic mass is 79.9. The van der Waals surface area contributed by atoms with Crippen LogP contribution in [-0.4, -0.2) is 53.4 Å². The van der Waals surface area contributed by atoms with Gasteiger partial charge in [0.25, 0.3) is 0 Å². The third-order valence-corrected chi connectivity index (χ3v) is 4.50. The number of aryl methyl sites for hydroxylation is 1. The van der Waals surface area contributed by atoms with E-state index in [0.29, 0.717) is 30.4 Å². The van der Waals surface area contributed by atoms with Crippen LogP contribution < -0.4 is 11.6 Å². The molecule has 0 saturated heterocycles. The zero-order valence-electron chi connectivity index (χ0n) is 16.1. The summed E-state index contributed by atoms with van der Waals surface area (Å²) in [5.41, 5.74) is 9.09. The molecule has 1 heterocycles. The van der Waals surface area contributed by atoms with Crippen molar-refractivity contribution < 1.29 is 4.79 Å². The molecule has 0 aliphatic rings. The van der Waals surface area contributed by atoms with Gasteiger partial charge in [-0.3, -0.25) is 9.78 Å². The van der Waals surface area contributed by atoms with Gasteiger partial charge in [-0.15, -0.1) is 0 Å². The summed E-state index contributed by atoms with van der Waals surface area (Å²) in [6, 6.07) is 3.76. The highest BCUT2D eigenvalue weighted by molar-refractivity contribution is 9.10. The number of pyridine rings is 1. The molecule has 0 radical (unpaired) electrons. The lowest BCUT2D eigenvalue weighted by molar-refractivity contribution is -0.116. The van der Waals surface area contributed by atoms with Crippen LogP contribution in [0, 0.1) is 12.8 Å². The number of aromatic nitrogens is 1. The van der Waals surface area contributed by atoms with Crippen molar-refractivity contribution in [1.29, 1.82) is 0 Å². The molecule has 0 bridgehead atoms. The first-order valence-electron chi connectivity index (χ1n) is 8.35. The highest BCUT2D eigenvalue weighted by Gasteiger charge is 2.13. The predicted molar refractivity (Wildman–Crippen MR) is 109 cm³/mol. The number of halogens is 1. The van der Waals surface area contributed by atoms with Crippen LogP contribution in [0.4, 0.5) is 0 Å². The fraction of sp³-hybridized carbons (Fsp3) is 0.444. The summed E-state index contributed by atoms with van der Waals surface area (Å²) in [4.78, 5) is 19.1. The maximum absolute atomic E-state index is 11.1. The summed E-state index contributed by atoms with van der Waals surface area (Å²) in [7, 11) is 3.63. The summed E-state index contributed by atoms with van der Waals surface area (Å²) in [6.07, 6.45) is 4.40. The molecule has 1 rings (SSSR count). The quantitative estimate of drug-likeness (QED) is 0.358. The minimum atomic E-state index is 0.392. The third kappa shape index (κ3) is 6.68. The van der Waals surface area contributed by atoms with Crippen LogP contribution in [0.25, 0.3) is 5.70 Å². The number of nitrogens with two attached hydrogens (primary N) is 2. The standard InChI is InChI=1S/C18H29BrN6O/c1-13(2)10-25(12-26)9-8-23(4)11-17(24(5)21)18(20)16-7-6-15(19)14(3)22-16/h6-9,12-13H,10-11,20-21H2,1-5H3/b9-8-,18-17-. The van der Waals surface area contributed by atoms with Crippen molar-refractivity contribution in [2.45, 2.75) is 20.8 Å². The van der Waals surface area contributed by atoms with E-state index in [1.165, 1.54) is 5.01 Å². The van der Waals surface area contributed by atoms with E-state index in [0.717, 1.165) is 22.3 Å². The Hall–Kier alpha value is -2.06. The van der Waals surface area contributed by atoms with Gasteiger partial charge < -0.3 is 20.5 Å². The third-order valence-electron chi connectivity index (χ3n) is 3.66. The summed E-state index contributed by atoms with van der Waals surface area (Å²) in [5, 5.41) is 1.49. The van der Waals surface area contributed by atoms with Gasteiger partial charge in [-0.2, -0.15) is 0 Å². The lowest BCUT2D eigenvalue weighted by Gasteiger charge is -2.25. The molecule has 0 aromatic carbocycles. The van der Waals surface area contributed by atoms with E-state index in [2.05, 4.69) is 34.8 Å². The van der Waals surface area contributed by atoms with E-state index in [-0.39, 0.29) is 0 Å². The molecule has 4 N–H and O–H groups in total. The first-order valence-corrected chi connectivity index (χ1v) is 9.15. The van der Waals surface area contributed by atoms with Gasteiger partial charge >= 0.3 is 0 Å². The molecular weight excluding hydrogens is 396 g/mol. The Balaban J connectivity index is 2.99. The van der Waals surface area contributed by atoms with Crippen LogP contribution in [0.15, 0.2) is 34.7 Å². The van der Waals surface area contributed by atoms with E-state index in [4.69, 9.17) is 11.6 Å². The lowest BCUT2D eigenvalue weighted by Crippen LogP contribution is -2.34. The van der Waals surface area contributed by atoms with Crippen LogP contribution in [-0.2, 0) is 4.79 Å². The van der Waals surface area contributed by atoms with Gasteiger partial charge in [-0.1, -0.05) is 13.8 Å². The van der Waals surface area contributed by atoms with Gasteiger partial charge in [0.2, 0.25) is 6.41 Å². The summed E-state index contributed by atoms with van der Waals surface area (Å²) in [5.74, 6) is 6.37. The fourth-order valence-electron chi connectivity index (χ4n) is 2.28. The van der Waals surface area contributed by atoms with E-state index < -0.39 is 0 Å². The van der Waals surface area contributed by atoms with Crippen molar-refractivity contribution in [3.63, 3.8) is 0 Å². The number of rotatable bonds is 9. The molecule has 26 heavy (non-hydrogen) atoms. The van der Waals surface area contributed by atoms with Crippen LogP contribution in [0.1, 0.15) is 25.2 Å². The van der Waals surface area contributed by atoms with Crippen LogP contribution in [0.3, 0.4) is 0 Å². The number of carbonyl (C=O) groups excluding carboxylic acids is 1. The Labute approximate surface area is 164 Å². The second kappa shape index (κ2) is 10.2. The summed E-state index contributed by atoms with van der Waals surface area (Å²) >= 11 is 3.44. The van der Waals surface area contributed by atoms with Gasteiger partial charge in [0.05, 0.1) is 29.3 Å². The molecule has 144 valence electrons. The average Bonchev–Trinajstić information content (AvgIpc) is 2.57. The molecule has 0 aliphatic carbocycles. The molecule has 0 spiro atoms. The van der Waals surface area contributed by atoms with Crippen molar-refractivity contribution in [1.82, 2.24) is 19.8 Å². The van der Waals surface area contributed by atoms with E-state index in [1.807, 2.05) is 37.2 Å². The maximum Gasteiger partial charge on any atom is 0.213 e. The molecule has 7 nitrogen and oxygen atoms in total. The fourth-order valence-corrected chi connectivity index (χ4v) is 2.50. The number of hydrogen-bond acceptors (Lipinski definition) is 6. The summed E-state index contributed by atoms with van der Waals surface area (Å²) in [6.45, 7) is 7.17. The van der Waals surface area contributed by atoms with E-state index in [9.17, 15) is 4.79 Å². The smallest absolute Gasteiger partial charge is 0.213 e. The Morgan fingerprint density at radius 2 is 1.96 bits per heavy atom. The number of amides is 1. The van der Waals surface area contributed by atoms with Crippen LogP contribution in [0.2, 0.25) is 0 Å². The van der Waals surface area contributed by atoms with Gasteiger partial charge in [-0.25, -0.2) is 5.84 Å². The minimum absolute atomic E-state index is 0.392. The lowest BCUT2D eigenvalue weighted by atomic mass is 10.2. The predicted octanol–water partition coefficient (Wildman–Crippen LogP) is 2.10. The number of carbonyl (C=O) groups is 1. The molecule has 1 aromatic heterocycles. The molecule has 0 unspecified atom stereocenters. The molecular formula is C18H29BrN6O. The Bertz CT molecular complexity index is 672. The monoisotopic (exact) mass is 424 g/mol. The SMILES string of the molecule is Cc1nc(/C(N)=C(\CN(C)/C=C\N(C=O)CC(C)C)N(C)N)ccc1Br. The van der Waals surface area contributed by atoms with E-state index in [1.54, 1.807) is 18.1 Å². The molecule has 0 saturated carbocycles. The second-order valence-electron chi connectivity index (χ2n) is 6.64. The first kappa shape index (κ1) is 22.0. The van der Waals surface area contributed by atoms with Crippen LogP contribution in [0.5, 0.6) is 0 Å². The largest absolute Gasteiger partial charge is 0.395 e. The molecule has 0 atom stereocenters. The minimum Gasteiger partial charge on any atom is -0.395 e. The number of hydrogen-bond donors (Lipinski definition) is 2. The molecule has 0 fully saturated rings. The Morgan fingerprint density at radius 1 is 1.31 bits per heavy atom. The zero-order chi connectivity index (χ0) is 19.9. The van der Waals surface area contributed by atoms with Crippen LogP contribution >= 0.6 is 15.9 Å². The second-order valence-corrected chi connectivity index (χ2v) is 7.50. The number of hydrazine groups is 1. The first-order chi connectivity index (χ1) is 12.1. The van der Waals surface area contributed by atoms with Crippen molar-refractivity contribution in [2.75, 3.05) is 27.2 Å². The molecule has 1 amide bonds. The topological polar surface area (TPSA) is 91.7 Å². The highest BCUT2D eigenvalue weighted by Crippen LogP contribution is 2.19. The maximum atomic E-state index is 11.1. The molecule has 1 aromatic rings.